The number of benzene rings is 1. The number of nitro groups is 1. The van der Waals surface area contributed by atoms with Crippen molar-refractivity contribution in [1.82, 2.24) is 5.32 Å². The Kier molecular flexibility index (Phi) is 7.63. The SMILES string of the molecule is CCOC(=O)NCCCCCOc1ccc([N+](=O)[O-])cc1. The summed E-state index contributed by atoms with van der Waals surface area (Å²) in [6.45, 7) is 3.25. The van der Waals surface area contributed by atoms with Crippen molar-refractivity contribution < 1.29 is 19.2 Å². The summed E-state index contributed by atoms with van der Waals surface area (Å²) in [5.41, 5.74) is 0.0485. The van der Waals surface area contributed by atoms with Gasteiger partial charge in [0, 0.05) is 18.7 Å². The van der Waals surface area contributed by atoms with Gasteiger partial charge in [-0.1, -0.05) is 0 Å². The number of hydrogen-bond acceptors (Lipinski definition) is 5. The van der Waals surface area contributed by atoms with Crippen LogP contribution in [0, 0.1) is 10.1 Å². The van der Waals surface area contributed by atoms with Gasteiger partial charge in [-0.05, 0) is 38.3 Å². The molecule has 0 spiro atoms. The van der Waals surface area contributed by atoms with Gasteiger partial charge in [0.15, 0.2) is 0 Å². The van der Waals surface area contributed by atoms with Gasteiger partial charge in [0.2, 0.25) is 0 Å². The smallest absolute Gasteiger partial charge is 0.407 e. The first-order valence-electron chi connectivity index (χ1n) is 6.91. The van der Waals surface area contributed by atoms with Gasteiger partial charge in [0.1, 0.15) is 5.75 Å². The lowest BCUT2D eigenvalue weighted by atomic mass is 10.2. The van der Waals surface area contributed by atoms with Gasteiger partial charge in [-0.15, -0.1) is 0 Å². The zero-order valence-corrected chi connectivity index (χ0v) is 12.0. The third kappa shape index (κ3) is 7.14. The molecule has 0 bridgehead atoms. The van der Waals surface area contributed by atoms with E-state index in [0.29, 0.717) is 25.5 Å². The molecule has 7 heteroatoms. The standard InChI is InChI=1S/C14H20N2O5/c1-2-20-14(17)15-10-4-3-5-11-21-13-8-6-12(7-9-13)16(18)19/h6-9H,2-5,10-11H2,1H3,(H,15,17). The number of hydrogen-bond donors (Lipinski definition) is 1. The summed E-state index contributed by atoms with van der Waals surface area (Å²) < 4.78 is 10.2. The van der Waals surface area contributed by atoms with E-state index in [9.17, 15) is 14.9 Å². The number of nitrogens with one attached hydrogen (secondary N) is 1. The lowest BCUT2D eigenvalue weighted by Gasteiger charge is -2.06. The molecule has 0 saturated carbocycles. The van der Waals surface area contributed by atoms with Crippen molar-refractivity contribution in [2.75, 3.05) is 19.8 Å². The average molecular weight is 296 g/mol. The van der Waals surface area contributed by atoms with Crippen LogP contribution in [0.4, 0.5) is 10.5 Å². The van der Waals surface area contributed by atoms with Crippen LogP contribution in [0.3, 0.4) is 0 Å². The first-order chi connectivity index (χ1) is 10.1. The summed E-state index contributed by atoms with van der Waals surface area (Å²) in [4.78, 5) is 21.0. The molecular weight excluding hydrogens is 276 g/mol. The van der Waals surface area contributed by atoms with Crippen LogP contribution in [0.15, 0.2) is 24.3 Å². The highest BCUT2D eigenvalue weighted by atomic mass is 16.6. The van der Waals surface area contributed by atoms with Gasteiger partial charge in [-0.25, -0.2) is 4.79 Å². The van der Waals surface area contributed by atoms with E-state index in [4.69, 9.17) is 9.47 Å². The summed E-state index contributed by atoms with van der Waals surface area (Å²) in [5, 5.41) is 13.1. The van der Waals surface area contributed by atoms with Crippen LogP contribution in [-0.2, 0) is 4.74 Å². The number of nitro benzene ring substituents is 1. The third-order valence-electron chi connectivity index (χ3n) is 2.68. The van der Waals surface area contributed by atoms with Gasteiger partial charge < -0.3 is 14.8 Å². The molecule has 21 heavy (non-hydrogen) atoms. The molecule has 0 unspecified atom stereocenters. The summed E-state index contributed by atoms with van der Waals surface area (Å²) in [5.74, 6) is 0.616. The molecule has 0 aliphatic heterocycles. The van der Waals surface area contributed by atoms with Crippen LogP contribution in [0.25, 0.3) is 0 Å². The average Bonchev–Trinajstić information content (AvgIpc) is 2.47. The molecule has 116 valence electrons. The van der Waals surface area contributed by atoms with Crippen molar-refractivity contribution in [2.45, 2.75) is 26.2 Å². The molecule has 0 heterocycles. The van der Waals surface area contributed by atoms with Gasteiger partial charge >= 0.3 is 6.09 Å². The van der Waals surface area contributed by atoms with E-state index in [1.54, 1.807) is 19.1 Å². The number of rotatable bonds is 9. The van der Waals surface area contributed by atoms with E-state index in [-0.39, 0.29) is 11.8 Å². The Balaban J connectivity index is 2.06. The predicted molar refractivity (Wildman–Crippen MR) is 77.5 cm³/mol. The molecule has 1 rings (SSSR count). The molecule has 1 amide bonds. The molecule has 1 N–H and O–H groups in total. The van der Waals surface area contributed by atoms with Crippen LogP contribution < -0.4 is 10.1 Å². The Labute approximate surface area is 123 Å². The molecule has 1 aromatic rings. The maximum atomic E-state index is 11.0. The molecule has 0 aromatic heterocycles. The topological polar surface area (TPSA) is 90.7 Å². The number of unbranched alkanes of at least 4 members (excludes halogenated alkanes) is 2. The maximum Gasteiger partial charge on any atom is 0.407 e. The highest BCUT2D eigenvalue weighted by Gasteiger charge is 2.04. The first-order valence-corrected chi connectivity index (χ1v) is 6.91. The second-order valence-corrected chi connectivity index (χ2v) is 4.31. The van der Waals surface area contributed by atoms with Crippen LogP contribution in [0.5, 0.6) is 5.75 Å². The summed E-state index contributed by atoms with van der Waals surface area (Å²) >= 11 is 0. The van der Waals surface area contributed by atoms with E-state index in [2.05, 4.69) is 5.32 Å². The fourth-order valence-corrected chi connectivity index (χ4v) is 1.63. The minimum Gasteiger partial charge on any atom is -0.494 e. The third-order valence-corrected chi connectivity index (χ3v) is 2.68. The number of carbonyl (C=O) groups excluding carboxylic acids is 1. The van der Waals surface area contributed by atoms with E-state index < -0.39 is 4.92 Å². The largest absolute Gasteiger partial charge is 0.494 e. The number of ether oxygens (including phenoxy) is 2. The lowest BCUT2D eigenvalue weighted by Crippen LogP contribution is -2.25. The quantitative estimate of drug-likeness (QED) is 0.430. The Morgan fingerprint density at radius 1 is 1.24 bits per heavy atom. The fraction of sp³-hybridized carbons (Fsp3) is 0.500. The van der Waals surface area contributed by atoms with Crippen molar-refractivity contribution in [3.63, 3.8) is 0 Å². The Hall–Kier alpha value is -2.31. The van der Waals surface area contributed by atoms with E-state index >= 15 is 0 Å². The highest BCUT2D eigenvalue weighted by Crippen LogP contribution is 2.17. The van der Waals surface area contributed by atoms with Gasteiger partial charge in [-0.2, -0.15) is 0 Å². The Bertz CT molecular complexity index is 447. The second-order valence-electron chi connectivity index (χ2n) is 4.31. The summed E-state index contributed by atoms with van der Waals surface area (Å²) in [7, 11) is 0. The number of non-ortho nitro benzene ring substituents is 1. The first kappa shape index (κ1) is 16.7. The highest BCUT2D eigenvalue weighted by molar-refractivity contribution is 5.66. The number of amides is 1. The van der Waals surface area contributed by atoms with Crippen LogP contribution >= 0.6 is 0 Å². The van der Waals surface area contributed by atoms with Crippen molar-refractivity contribution in [3.05, 3.63) is 34.4 Å². The maximum absolute atomic E-state index is 11.0. The lowest BCUT2D eigenvalue weighted by molar-refractivity contribution is -0.384. The van der Waals surface area contributed by atoms with Crippen LogP contribution in [0.2, 0.25) is 0 Å². The van der Waals surface area contributed by atoms with Crippen LogP contribution in [-0.4, -0.2) is 30.8 Å². The Morgan fingerprint density at radius 2 is 1.95 bits per heavy atom. The molecule has 0 saturated heterocycles. The molecular formula is C14H20N2O5. The van der Waals surface area contributed by atoms with Crippen molar-refractivity contribution in [1.29, 1.82) is 0 Å². The zero-order chi connectivity index (χ0) is 15.5. The zero-order valence-electron chi connectivity index (χ0n) is 12.0. The van der Waals surface area contributed by atoms with E-state index in [1.165, 1.54) is 12.1 Å². The minimum absolute atomic E-state index is 0.0485. The molecule has 0 aliphatic carbocycles. The minimum atomic E-state index is -0.444. The molecule has 0 fully saturated rings. The van der Waals surface area contributed by atoms with Gasteiger partial charge in [0.05, 0.1) is 18.1 Å². The van der Waals surface area contributed by atoms with Crippen molar-refractivity contribution in [2.24, 2.45) is 0 Å². The Morgan fingerprint density at radius 3 is 2.57 bits per heavy atom. The van der Waals surface area contributed by atoms with Gasteiger partial charge in [0.25, 0.3) is 5.69 Å². The fourth-order valence-electron chi connectivity index (χ4n) is 1.63. The summed E-state index contributed by atoms with van der Waals surface area (Å²) in [6.07, 6.45) is 2.23. The second kappa shape index (κ2) is 9.57. The molecule has 7 nitrogen and oxygen atoms in total. The monoisotopic (exact) mass is 296 g/mol. The van der Waals surface area contributed by atoms with Crippen LogP contribution in [0.1, 0.15) is 26.2 Å². The number of alkyl carbamates (subject to hydrolysis) is 1. The van der Waals surface area contributed by atoms with Crippen molar-refractivity contribution >= 4 is 11.8 Å². The van der Waals surface area contributed by atoms with E-state index in [1.807, 2.05) is 0 Å². The molecule has 0 radical (unpaired) electrons. The molecule has 1 aromatic carbocycles. The predicted octanol–water partition coefficient (Wildman–Crippen LogP) is 2.89. The molecule has 0 atom stereocenters. The molecule has 0 aliphatic rings. The number of carbonyl (C=O) groups is 1. The van der Waals surface area contributed by atoms with E-state index in [0.717, 1.165) is 19.3 Å². The summed E-state index contributed by atoms with van der Waals surface area (Å²) in [6, 6.07) is 6.00. The number of nitrogens with zero attached hydrogens (tertiary/aromatic N) is 1. The normalized spacial score (nSPS) is 9.95. The van der Waals surface area contributed by atoms with Gasteiger partial charge in [-0.3, -0.25) is 10.1 Å². The van der Waals surface area contributed by atoms with Crippen molar-refractivity contribution in [3.8, 4) is 5.75 Å².